The van der Waals surface area contributed by atoms with Crippen molar-refractivity contribution in [2.24, 2.45) is 0 Å². The molecule has 2 nitrogen and oxygen atoms in total. The Kier molecular flexibility index (Phi) is 7.45. The summed E-state index contributed by atoms with van der Waals surface area (Å²) in [5.41, 5.74) is 0.818. The van der Waals surface area contributed by atoms with Gasteiger partial charge in [-0.1, -0.05) is 56.5 Å². The maximum atomic E-state index is 10.6. The van der Waals surface area contributed by atoms with Gasteiger partial charge in [-0.15, -0.1) is 0 Å². The van der Waals surface area contributed by atoms with E-state index < -0.39 is 0 Å². The first-order valence-electron chi connectivity index (χ1n) is 5.98. The first-order valence-corrected chi connectivity index (χ1v) is 5.98. The van der Waals surface area contributed by atoms with Crippen LogP contribution < -0.4 is 0 Å². The molecular weight excluding hydrogens is 224 g/mol. The van der Waals surface area contributed by atoms with Gasteiger partial charge in [0, 0.05) is 6.08 Å². The minimum atomic E-state index is -0.356. The lowest BCUT2D eigenvalue weighted by atomic mass is 10.1. The van der Waals surface area contributed by atoms with Gasteiger partial charge in [-0.2, -0.15) is 0 Å². The molecule has 0 fully saturated rings. The van der Waals surface area contributed by atoms with Crippen molar-refractivity contribution >= 4 is 12.0 Å². The van der Waals surface area contributed by atoms with Gasteiger partial charge in [0.05, 0.1) is 0 Å². The second-order valence-corrected chi connectivity index (χ2v) is 4.35. The minimum Gasteiger partial charge on any atom is -0.457 e. The molecule has 0 unspecified atom stereocenters. The van der Waals surface area contributed by atoms with Crippen LogP contribution in [0.3, 0.4) is 0 Å². The van der Waals surface area contributed by atoms with Crippen molar-refractivity contribution in [3.05, 3.63) is 55.1 Å². The normalized spacial score (nSPS) is 9.72. The van der Waals surface area contributed by atoms with Crippen molar-refractivity contribution < 1.29 is 9.53 Å². The highest BCUT2D eigenvalue weighted by atomic mass is 16.6. The van der Waals surface area contributed by atoms with Gasteiger partial charge < -0.3 is 4.74 Å². The minimum absolute atomic E-state index is 0.355. The van der Waals surface area contributed by atoms with Crippen LogP contribution in [0.1, 0.15) is 32.8 Å². The monoisotopic (exact) mass is 246 g/mol. The smallest absolute Gasteiger partial charge is 0.330 e. The molecule has 0 aromatic heterocycles. The summed E-state index contributed by atoms with van der Waals surface area (Å²) < 4.78 is 4.98. The summed E-state index contributed by atoms with van der Waals surface area (Å²) in [7, 11) is 0. The zero-order valence-corrected chi connectivity index (χ0v) is 11.5. The lowest BCUT2D eigenvalue weighted by molar-refractivity contribution is -0.150. The maximum absolute atomic E-state index is 10.6. The van der Waals surface area contributed by atoms with E-state index in [1.807, 2.05) is 57.2 Å². The van der Waals surface area contributed by atoms with Crippen LogP contribution in [0.2, 0.25) is 0 Å². The molecule has 1 rings (SSSR count). The zero-order chi connectivity index (χ0) is 14.0. The van der Waals surface area contributed by atoms with Crippen LogP contribution in [-0.2, 0) is 9.53 Å². The summed E-state index contributed by atoms with van der Waals surface area (Å²) in [6, 6.07) is 10.0. The third-order valence-electron chi connectivity index (χ3n) is 2.43. The first-order chi connectivity index (χ1) is 8.45. The number of esters is 1. The van der Waals surface area contributed by atoms with E-state index in [0.29, 0.717) is 0 Å². The Balaban J connectivity index is 0.000000327. The highest BCUT2D eigenvalue weighted by Gasteiger charge is 2.17. The number of ether oxygens (including phenoxy) is 1. The first kappa shape index (κ1) is 16.2. The molecule has 18 heavy (non-hydrogen) atoms. The summed E-state index contributed by atoms with van der Waals surface area (Å²) in [4.78, 5) is 10.6. The van der Waals surface area contributed by atoms with Crippen LogP contribution in [0.5, 0.6) is 0 Å². The summed E-state index contributed by atoms with van der Waals surface area (Å²) in [6.45, 7) is 12.6. The Bertz CT molecular complexity index is 377. The fourth-order valence-corrected chi connectivity index (χ4v) is 0.975. The Morgan fingerprint density at radius 1 is 1.28 bits per heavy atom. The van der Waals surface area contributed by atoms with E-state index >= 15 is 0 Å². The molecule has 0 saturated carbocycles. The van der Waals surface area contributed by atoms with E-state index in [2.05, 4.69) is 13.2 Å². The van der Waals surface area contributed by atoms with Crippen LogP contribution >= 0.6 is 0 Å². The predicted molar refractivity (Wildman–Crippen MR) is 77.2 cm³/mol. The molecule has 0 aliphatic carbocycles. The van der Waals surface area contributed by atoms with E-state index in [9.17, 15) is 4.79 Å². The number of hydrogen-bond acceptors (Lipinski definition) is 2. The van der Waals surface area contributed by atoms with Crippen LogP contribution in [0, 0.1) is 0 Å². The van der Waals surface area contributed by atoms with Crippen molar-refractivity contribution in [1.82, 2.24) is 0 Å². The molecule has 0 radical (unpaired) electrons. The van der Waals surface area contributed by atoms with Gasteiger partial charge in [0.1, 0.15) is 5.60 Å². The molecule has 0 amide bonds. The summed E-state index contributed by atoms with van der Waals surface area (Å²) in [5.74, 6) is -0.355. The number of hydrogen-bond donors (Lipinski definition) is 0. The largest absolute Gasteiger partial charge is 0.457 e. The molecule has 0 saturated heterocycles. The molecule has 0 atom stereocenters. The summed E-state index contributed by atoms with van der Waals surface area (Å²) in [6.07, 6.45) is 3.82. The van der Waals surface area contributed by atoms with Gasteiger partial charge >= 0.3 is 5.97 Å². The van der Waals surface area contributed by atoms with E-state index in [4.69, 9.17) is 4.74 Å². The molecule has 98 valence electrons. The summed E-state index contributed by atoms with van der Waals surface area (Å²) >= 11 is 0. The third kappa shape index (κ3) is 7.44. The second-order valence-electron chi connectivity index (χ2n) is 4.35. The Morgan fingerprint density at radius 2 is 1.83 bits per heavy atom. The Hall–Kier alpha value is -1.83. The van der Waals surface area contributed by atoms with E-state index in [-0.39, 0.29) is 11.6 Å². The Morgan fingerprint density at radius 3 is 2.17 bits per heavy atom. The second kappa shape index (κ2) is 8.29. The fourth-order valence-electron chi connectivity index (χ4n) is 0.975. The predicted octanol–water partition coefficient (Wildman–Crippen LogP) is 4.23. The van der Waals surface area contributed by atoms with E-state index in [1.54, 1.807) is 0 Å². The number of rotatable bonds is 4. The lowest BCUT2D eigenvalue weighted by Crippen LogP contribution is -2.25. The molecule has 1 aromatic rings. The molecular formula is C16H22O2. The lowest BCUT2D eigenvalue weighted by Gasteiger charge is -2.21. The van der Waals surface area contributed by atoms with Crippen LogP contribution in [0.15, 0.2) is 49.6 Å². The van der Waals surface area contributed by atoms with Crippen molar-refractivity contribution in [2.75, 3.05) is 0 Å². The quantitative estimate of drug-likeness (QED) is 0.587. The third-order valence-corrected chi connectivity index (χ3v) is 2.43. The van der Waals surface area contributed by atoms with Crippen molar-refractivity contribution in [3.8, 4) is 0 Å². The fraction of sp³-hybridized carbons (Fsp3) is 0.312. The van der Waals surface area contributed by atoms with Gasteiger partial charge in [-0.25, -0.2) is 4.79 Å². The molecule has 0 heterocycles. The van der Waals surface area contributed by atoms with Gasteiger partial charge in [0.25, 0.3) is 0 Å². The van der Waals surface area contributed by atoms with E-state index in [1.165, 1.54) is 11.6 Å². The van der Waals surface area contributed by atoms with Crippen molar-refractivity contribution in [3.63, 3.8) is 0 Å². The molecule has 0 aliphatic rings. The highest BCUT2D eigenvalue weighted by Crippen LogP contribution is 2.13. The zero-order valence-electron chi connectivity index (χ0n) is 11.5. The van der Waals surface area contributed by atoms with Crippen LogP contribution in [-0.4, -0.2) is 11.6 Å². The topological polar surface area (TPSA) is 26.3 Å². The van der Waals surface area contributed by atoms with Crippen molar-refractivity contribution in [1.29, 1.82) is 0 Å². The molecule has 0 N–H and O–H groups in total. The Labute approximate surface area is 110 Å². The van der Waals surface area contributed by atoms with Crippen LogP contribution in [0.25, 0.3) is 6.08 Å². The van der Waals surface area contributed by atoms with Crippen LogP contribution in [0.4, 0.5) is 0 Å². The summed E-state index contributed by atoms with van der Waals surface area (Å²) in [5, 5.41) is 0. The van der Waals surface area contributed by atoms with Gasteiger partial charge in [-0.3, -0.25) is 0 Å². The number of carbonyl (C=O) groups is 1. The standard InChI is InChI=1S/C8H14O2.C8H8/c1-5-7(9)10-8(3,4)6-2;1-2-8-6-4-3-5-7-8/h5H,1,6H2,2-4H3;2-7H,1H2. The SMILES string of the molecule is C=CC(=O)OC(C)(C)CC.C=Cc1ccccc1. The van der Waals surface area contributed by atoms with E-state index in [0.717, 1.165) is 6.42 Å². The average molecular weight is 246 g/mol. The number of carbonyl (C=O) groups excluding carboxylic acids is 1. The molecule has 0 aliphatic heterocycles. The van der Waals surface area contributed by atoms with Gasteiger partial charge in [-0.05, 0) is 25.8 Å². The maximum Gasteiger partial charge on any atom is 0.330 e. The van der Waals surface area contributed by atoms with Crippen molar-refractivity contribution in [2.45, 2.75) is 32.8 Å². The average Bonchev–Trinajstić information content (AvgIpc) is 2.40. The molecule has 0 bridgehead atoms. The van der Waals surface area contributed by atoms with Gasteiger partial charge in [0.15, 0.2) is 0 Å². The molecule has 2 heteroatoms. The van der Waals surface area contributed by atoms with Gasteiger partial charge in [0.2, 0.25) is 0 Å². The highest BCUT2D eigenvalue weighted by molar-refractivity contribution is 5.81. The molecule has 0 spiro atoms. The molecule has 1 aromatic carbocycles. The number of benzene rings is 1.